The third-order valence-corrected chi connectivity index (χ3v) is 3.89. The highest BCUT2D eigenvalue weighted by molar-refractivity contribution is 7.90. The monoisotopic (exact) mass is 292 g/mol. The molecule has 2 aromatic rings. The molecule has 1 aromatic carbocycles. The van der Waals surface area contributed by atoms with E-state index in [9.17, 15) is 13.2 Å². The van der Waals surface area contributed by atoms with Crippen LogP contribution in [0.3, 0.4) is 0 Å². The average Bonchev–Trinajstić information content (AvgIpc) is 2.38. The molecule has 0 saturated heterocycles. The molecule has 2 rings (SSSR count). The quantitative estimate of drug-likeness (QED) is 0.885. The highest BCUT2D eigenvalue weighted by Crippen LogP contribution is 2.23. The Balaban J connectivity index is 2.47. The number of aromatic carboxylic acids is 1. The van der Waals surface area contributed by atoms with Gasteiger partial charge in [0.2, 0.25) is 0 Å². The van der Waals surface area contributed by atoms with Crippen molar-refractivity contribution in [3.63, 3.8) is 0 Å². The van der Waals surface area contributed by atoms with Gasteiger partial charge < -0.3 is 10.8 Å². The molecule has 20 heavy (non-hydrogen) atoms. The first-order valence-corrected chi connectivity index (χ1v) is 7.47. The number of hydrogen-bond donors (Lipinski definition) is 2. The third-order valence-electron chi connectivity index (χ3n) is 2.76. The summed E-state index contributed by atoms with van der Waals surface area (Å²) >= 11 is 0. The minimum Gasteiger partial charge on any atom is -0.478 e. The second-order valence-electron chi connectivity index (χ2n) is 4.26. The zero-order valence-corrected chi connectivity index (χ0v) is 11.4. The van der Waals surface area contributed by atoms with Crippen molar-refractivity contribution in [1.82, 2.24) is 4.98 Å². The van der Waals surface area contributed by atoms with E-state index in [1.54, 1.807) is 12.1 Å². The lowest BCUT2D eigenvalue weighted by Gasteiger charge is -2.06. The summed E-state index contributed by atoms with van der Waals surface area (Å²) in [5, 5.41) is 8.99. The number of nitrogens with two attached hydrogens (primary N) is 1. The van der Waals surface area contributed by atoms with Crippen LogP contribution in [0.5, 0.6) is 0 Å². The number of carbonyl (C=O) groups is 1. The van der Waals surface area contributed by atoms with E-state index in [0.29, 0.717) is 11.1 Å². The lowest BCUT2D eigenvalue weighted by Crippen LogP contribution is -2.04. The van der Waals surface area contributed by atoms with Gasteiger partial charge >= 0.3 is 5.97 Å². The van der Waals surface area contributed by atoms with E-state index >= 15 is 0 Å². The van der Waals surface area contributed by atoms with Crippen LogP contribution in [0.15, 0.2) is 41.4 Å². The molecule has 1 heterocycles. The maximum absolute atomic E-state index is 11.4. The minimum absolute atomic E-state index is 0.0611. The van der Waals surface area contributed by atoms with E-state index in [-0.39, 0.29) is 16.3 Å². The number of carboxylic acids is 1. The minimum atomic E-state index is -3.26. The summed E-state index contributed by atoms with van der Waals surface area (Å²) in [6, 6.07) is 7.51. The highest BCUT2D eigenvalue weighted by Gasteiger charge is 2.12. The smallest absolute Gasteiger partial charge is 0.339 e. The Bertz CT molecular complexity index is 767. The van der Waals surface area contributed by atoms with Crippen LogP contribution in [-0.4, -0.2) is 30.7 Å². The zero-order chi connectivity index (χ0) is 14.9. The maximum Gasteiger partial charge on any atom is 0.339 e. The Labute approximate surface area is 115 Å². The molecule has 0 bridgehead atoms. The van der Waals surface area contributed by atoms with Crippen molar-refractivity contribution in [3.8, 4) is 11.1 Å². The van der Waals surface area contributed by atoms with E-state index in [0.717, 1.165) is 6.26 Å². The van der Waals surface area contributed by atoms with E-state index in [2.05, 4.69) is 4.98 Å². The van der Waals surface area contributed by atoms with Crippen molar-refractivity contribution in [1.29, 1.82) is 0 Å². The molecule has 1 aromatic heterocycles. The van der Waals surface area contributed by atoms with Crippen molar-refractivity contribution in [2.24, 2.45) is 0 Å². The highest BCUT2D eigenvalue weighted by atomic mass is 32.2. The van der Waals surface area contributed by atoms with Gasteiger partial charge in [-0.05, 0) is 23.8 Å². The van der Waals surface area contributed by atoms with E-state index in [1.165, 1.54) is 24.4 Å². The number of aromatic nitrogens is 1. The Morgan fingerprint density at radius 3 is 2.30 bits per heavy atom. The fraction of sp³-hybridized carbons (Fsp3) is 0.0769. The first-order chi connectivity index (χ1) is 9.29. The second-order valence-corrected chi connectivity index (χ2v) is 6.27. The fourth-order valence-electron chi connectivity index (χ4n) is 1.70. The maximum atomic E-state index is 11.4. The third kappa shape index (κ3) is 2.77. The van der Waals surface area contributed by atoms with Crippen molar-refractivity contribution in [2.75, 3.05) is 12.0 Å². The van der Waals surface area contributed by atoms with Gasteiger partial charge in [-0.2, -0.15) is 0 Å². The van der Waals surface area contributed by atoms with Crippen LogP contribution in [0.1, 0.15) is 10.4 Å². The summed E-state index contributed by atoms with van der Waals surface area (Å²) in [6.45, 7) is 0. The number of rotatable bonds is 3. The van der Waals surface area contributed by atoms with Crippen LogP contribution in [-0.2, 0) is 9.84 Å². The summed E-state index contributed by atoms with van der Waals surface area (Å²) in [6.07, 6.45) is 2.56. The van der Waals surface area contributed by atoms with Crippen molar-refractivity contribution >= 4 is 21.6 Å². The van der Waals surface area contributed by atoms with E-state index in [4.69, 9.17) is 10.8 Å². The van der Waals surface area contributed by atoms with Crippen LogP contribution in [0, 0.1) is 0 Å². The number of anilines is 1. The summed E-state index contributed by atoms with van der Waals surface area (Å²) in [7, 11) is -3.26. The number of hydrogen-bond acceptors (Lipinski definition) is 5. The first kappa shape index (κ1) is 14.0. The molecule has 0 amide bonds. The molecule has 0 spiro atoms. The molecule has 0 aliphatic rings. The SMILES string of the molecule is CS(=O)(=O)c1ccc(-c2cnc(N)c(C(=O)O)c2)cc1. The molecule has 0 aliphatic heterocycles. The summed E-state index contributed by atoms with van der Waals surface area (Å²) < 4.78 is 22.7. The average molecular weight is 292 g/mol. The zero-order valence-electron chi connectivity index (χ0n) is 10.6. The molecule has 6 nitrogen and oxygen atoms in total. The molecular formula is C13H12N2O4S. The number of carboxylic acid groups (broad SMARTS) is 1. The van der Waals surface area contributed by atoms with Crippen molar-refractivity contribution < 1.29 is 18.3 Å². The number of nitrogen functional groups attached to an aromatic ring is 1. The standard InChI is InChI=1S/C13H12N2O4S/c1-20(18,19)10-4-2-8(3-5-10)9-6-11(13(16)17)12(14)15-7-9/h2-7H,1H3,(H2,14,15)(H,16,17). The van der Waals surface area contributed by atoms with Gasteiger partial charge in [-0.1, -0.05) is 12.1 Å². The summed E-state index contributed by atoms with van der Waals surface area (Å²) in [5.74, 6) is -1.22. The van der Waals surface area contributed by atoms with E-state index < -0.39 is 15.8 Å². The normalized spacial score (nSPS) is 11.2. The molecule has 104 valence electrons. The van der Waals surface area contributed by atoms with Gasteiger partial charge in [0, 0.05) is 18.0 Å². The predicted molar refractivity (Wildman–Crippen MR) is 74.2 cm³/mol. The Morgan fingerprint density at radius 2 is 1.80 bits per heavy atom. The van der Waals surface area contributed by atoms with Gasteiger partial charge in [-0.25, -0.2) is 18.2 Å². The van der Waals surface area contributed by atoms with Crippen molar-refractivity contribution in [3.05, 3.63) is 42.1 Å². The predicted octanol–water partition coefficient (Wildman–Crippen LogP) is 1.43. The molecule has 0 unspecified atom stereocenters. The number of benzene rings is 1. The molecule has 0 radical (unpaired) electrons. The Morgan fingerprint density at radius 1 is 1.20 bits per heavy atom. The van der Waals surface area contributed by atoms with Crippen molar-refractivity contribution in [2.45, 2.75) is 4.90 Å². The van der Waals surface area contributed by atoms with Crippen LogP contribution >= 0.6 is 0 Å². The topological polar surface area (TPSA) is 110 Å². The van der Waals surface area contributed by atoms with Gasteiger partial charge in [0.05, 0.1) is 4.90 Å². The molecule has 0 aliphatic carbocycles. The van der Waals surface area contributed by atoms with E-state index in [1.807, 2.05) is 0 Å². The number of sulfone groups is 1. The van der Waals surface area contributed by atoms with Gasteiger partial charge in [-0.15, -0.1) is 0 Å². The fourth-order valence-corrected chi connectivity index (χ4v) is 2.33. The Kier molecular flexibility index (Phi) is 3.46. The lowest BCUT2D eigenvalue weighted by molar-refractivity contribution is 0.0697. The van der Waals surface area contributed by atoms with Gasteiger partial charge in [0.25, 0.3) is 0 Å². The molecule has 0 saturated carbocycles. The number of pyridine rings is 1. The summed E-state index contributed by atoms with van der Waals surface area (Å²) in [4.78, 5) is 15.0. The first-order valence-electron chi connectivity index (χ1n) is 5.58. The van der Waals surface area contributed by atoms with Crippen LogP contribution in [0.2, 0.25) is 0 Å². The lowest BCUT2D eigenvalue weighted by atomic mass is 10.1. The molecule has 7 heteroatoms. The largest absolute Gasteiger partial charge is 0.478 e. The van der Waals surface area contributed by atoms with Gasteiger partial charge in [0.15, 0.2) is 9.84 Å². The molecule has 3 N–H and O–H groups in total. The van der Waals surface area contributed by atoms with Crippen LogP contribution in [0.25, 0.3) is 11.1 Å². The second kappa shape index (κ2) is 4.93. The summed E-state index contributed by atoms with van der Waals surface area (Å²) in [5.41, 5.74) is 6.60. The molecule has 0 fully saturated rings. The molecule has 0 atom stereocenters. The van der Waals surface area contributed by atoms with Crippen LogP contribution < -0.4 is 5.73 Å². The van der Waals surface area contributed by atoms with Gasteiger partial charge in [0.1, 0.15) is 11.4 Å². The van der Waals surface area contributed by atoms with Gasteiger partial charge in [-0.3, -0.25) is 0 Å². The Hall–Kier alpha value is -2.41. The number of nitrogens with zero attached hydrogens (tertiary/aromatic N) is 1. The van der Waals surface area contributed by atoms with Crippen LogP contribution in [0.4, 0.5) is 5.82 Å². The molecular weight excluding hydrogens is 280 g/mol.